The van der Waals surface area contributed by atoms with Gasteiger partial charge in [-0.2, -0.15) is 5.10 Å². The fourth-order valence-electron chi connectivity index (χ4n) is 2.09. The molecule has 0 aliphatic heterocycles. The van der Waals surface area contributed by atoms with Gasteiger partial charge in [-0.05, 0) is 61.2 Å². The van der Waals surface area contributed by atoms with Crippen LogP contribution < -0.4 is 10.2 Å². The second-order valence-corrected chi connectivity index (χ2v) is 6.26. The van der Waals surface area contributed by atoms with Gasteiger partial charge in [0.05, 0.1) is 6.21 Å². The van der Waals surface area contributed by atoms with E-state index < -0.39 is 0 Å². The first-order valence-electron chi connectivity index (χ1n) is 7.24. The Morgan fingerprint density at radius 1 is 1.26 bits per heavy atom. The van der Waals surface area contributed by atoms with E-state index in [4.69, 9.17) is 4.74 Å². The zero-order valence-electron chi connectivity index (χ0n) is 13.4. The Morgan fingerprint density at radius 2 is 2.04 bits per heavy atom. The number of amides is 1. The van der Waals surface area contributed by atoms with Crippen LogP contribution >= 0.6 is 15.9 Å². The van der Waals surface area contributed by atoms with Crippen molar-refractivity contribution in [1.82, 2.24) is 5.43 Å². The van der Waals surface area contributed by atoms with Crippen LogP contribution in [-0.2, 0) is 4.79 Å². The van der Waals surface area contributed by atoms with Gasteiger partial charge in [-0.25, -0.2) is 5.43 Å². The smallest absolute Gasteiger partial charge is 0.277 e. The zero-order chi connectivity index (χ0) is 16.8. The molecule has 5 heteroatoms. The van der Waals surface area contributed by atoms with Crippen molar-refractivity contribution < 1.29 is 9.53 Å². The summed E-state index contributed by atoms with van der Waals surface area (Å²) < 4.78 is 6.55. The van der Waals surface area contributed by atoms with Gasteiger partial charge in [-0.3, -0.25) is 4.79 Å². The van der Waals surface area contributed by atoms with Crippen LogP contribution in [0.1, 0.15) is 22.3 Å². The lowest BCUT2D eigenvalue weighted by molar-refractivity contribution is -0.123. The molecule has 0 bridgehead atoms. The van der Waals surface area contributed by atoms with E-state index in [1.807, 2.05) is 51.1 Å². The Kier molecular flexibility index (Phi) is 5.93. The Morgan fingerprint density at radius 3 is 2.78 bits per heavy atom. The lowest BCUT2D eigenvalue weighted by Gasteiger charge is -2.11. The number of hydrogen-bond donors (Lipinski definition) is 1. The molecule has 23 heavy (non-hydrogen) atoms. The van der Waals surface area contributed by atoms with Gasteiger partial charge < -0.3 is 4.74 Å². The molecule has 0 aliphatic rings. The van der Waals surface area contributed by atoms with Crippen molar-refractivity contribution in [2.45, 2.75) is 20.8 Å². The number of nitrogens with zero attached hydrogens (tertiary/aromatic N) is 1. The number of rotatable bonds is 5. The van der Waals surface area contributed by atoms with Crippen LogP contribution in [0.25, 0.3) is 0 Å². The van der Waals surface area contributed by atoms with E-state index in [1.165, 1.54) is 0 Å². The highest BCUT2D eigenvalue weighted by Gasteiger charge is 2.06. The number of nitrogens with one attached hydrogen (secondary N) is 1. The number of hydrazone groups is 1. The number of ether oxygens (including phenoxy) is 1. The maximum atomic E-state index is 11.8. The van der Waals surface area contributed by atoms with Crippen molar-refractivity contribution in [3.63, 3.8) is 0 Å². The number of aryl methyl sites for hydroxylation is 2. The van der Waals surface area contributed by atoms with E-state index in [-0.39, 0.29) is 12.5 Å². The van der Waals surface area contributed by atoms with Crippen molar-refractivity contribution in [1.29, 1.82) is 0 Å². The monoisotopic (exact) mass is 374 g/mol. The maximum Gasteiger partial charge on any atom is 0.277 e. The number of benzene rings is 2. The Labute approximate surface area is 144 Å². The maximum absolute atomic E-state index is 11.8. The van der Waals surface area contributed by atoms with Crippen LogP contribution in [0.5, 0.6) is 5.75 Å². The molecule has 0 heterocycles. The second kappa shape index (κ2) is 7.92. The van der Waals surface area contributed by atoms with E-state index in [1.54, 1.807) is 6.21 Å². The molecule has 0 radical (unpaired) electrons. The number of carbonyl (C=O) groups excluding carboxylic acids is 1. The molecule has 0 atom stereocenters. The molecule has 0 spiro atoms. The van der Waals surface area contributed by atoms with Crippen LogP contribution in [0.15, 0.2) is 46.0 Å². The van der Waals surface area contributed by atoms with Gasteiger partial charge in [0.1, 0.15) is 5.75 Å². The SMILES string of the molecule is Cc1cc(C)c(C)c(OCC(=O)N/N=C/c2cccc(Br)c2)c1. The average molecular weight is 375 g/mol. The van der Waals surface area contributed by atoms with Gasteiger partial charge in [0.2, 0.25) is 0 Å². The summed E-state index contributed by atoms with van der Waals surface area (Å²) >= 11 is 3.38. The average Bonchev–Trinajstić information content (AvgIpc) is 2.49. The predicted octanol–water partition coefficient (Wildman–Crippen LogP) is 3.90. The van der Waals surface area contributed by atoms with Gasteiger partial charge in [0.15, 0.2) is 6.61 Å². The molecule has 4 nitrogen and oxygen atoms in total. The third-order valence-electron chi connectivity index (χ3n) is 3.37. The van der Waals surface area contributed by atoms with Crippen LogP contribution in [0.2, 0.25) is 0 Å². The Balaban J connectivity index is 1.88. The first kappa shape index (κ1) is 17.2. The molecule has 120 valence electrons. The van der Waals surface area contributed by atoms with E-state index in [2.05, 4.69) is 32.5 Å². The van der Waals surface area contributed by atoms with Crippen LogP contribution in [0, 0.1) is 20.8 Å². The highest BCUT2D eigenvalue weighted by atomic mass is 79.9. The van der Waals surface area contributed by atoms with Crippen molar-refractivity contribution in [3.8, 4) is 5.75 Å². The molecule has 0 unspecified atom stereocenters. The Hall–Kier alpha value is -2.14. The third kappa shape index (κ3) is 5.21. The van der Waals surface area contributed by atoms with Gasteiger partial charge in [-0.15, -0.1) is 0 Å². The highest BCUT2D eigenvalue weighted by molar-refractivity contribution is 9.10. The Bertz CT molecular complexity index is 742. The highest BCUT2D eigenvalue weighted by Crippen LogP contribution is 2.23. The third-order valence-corrected chi connectivity index (χ3v) is 3.87. The molecular formula is C18H19BrN2O2. The second-order valence-electron chi connectivity index (χ2n) is 5.34. The molecule has 0 aromatic heterocycles. The first-order chi connectivity index (χ1) is 11.0. The summed E-state index contributed by atoms with van der Waals surface area (Å²) in [6.45, 7) is 5.94. The van der Waals surface area contributed by atoms with Gasteiger partial charge >= 0.3 is 0 Å². The van der Waals surface area contributed by atoms with Gasteiger partial charge in [-0.1, -0.05) is 34.1 Å². The first-order valence-corrected chi connectivity index (χ1v) is 8.03. The van der Waals surface area contributed by atoms with E-state index >= 15 is 0 Å². The molecule has 0 aliphatic carbocycles. The molecule has 2 rings (SSSR count). The molecule has 2 aromatic carbocycles. The minimum absolute atomic E-state index is 0.0699. The van der Waals surface area contributed by atoms with Crippen molar-refractivity contribution in [2.24, 2.45) is 5.10 Å². The number of carbonyl (C=O) groups is 1. The van der Waals surface area contributed by atoms with Crippen molar-refractivity contribution >= 4 is 28.1 Å². The van der Waals surface area contributed by atoms with E-state index in [0.29, 0.717) is 0 Å². The largest absolute Gasteiger partial charge is 0.483 e. The summed E-state index contributed by atoms with van der Waals surface area (Å²) in [5, 5.41) is 3.93. The molecule has 1 amide bonds. The molecule has 2 aromatic rings. The van der Waals surface area contributed by atoms with Crippen molar-refractivity contribution in [3.05, 3.63) is 63.1 Å². The molecule has 0 saturated carbocycles. The van der Waals surface area contributed by atoms with Gasteiger partial charge in [0.25, 0.3) is 5.91 Å². The minimum atomic E-state index is -0.296. The summed E-state index contributed by atoms with van der Waals surface area (Å²) in [4.78, 5) is 11.8. The van der Waals surface area contributed by atoms with E-state index in [0.717, 1.165) is 32.5 Å². The number of hydrogen-bond acceptors (Lipinski definition) is 3. The van der Waals surface area contributed by atoms with Crippen LogP contribution in [0.4, 0.5) is 0 Å². The summed E-state index contributed by atoms with van der Waals surface area (Å²) in [5.74, 6) is 0.434. The standard InChI is InChI=1S/C18H19BrN2O2/c1-12-7-13(2)14(3)17(8-12)23-11-18(22)21-20-10-15-5-4-6-16(19)9-15/h4-10H,11H2,1-3H3,(H,21,22)/b20-10+. The summed E-state index contributed by atoms with van der Waals surface area (Å²) in [6.07, 6.45) is 1.59. The summed E-state index contributed by atoms with van der Waals surface area (Å²) in [5.41, 5.74) is 6.65. The van der Waals surface area contributed by atoms with E-state index in [9.17, 15) is 4.79 Å². The lowest BCUT2D eigenvalue weighted by Crippen LogP contribution is -2.24. The van der Waals surface area contributed by atoms with Crippen LogP contribution in [-0.4, -0.2) is 18.7 Å². The fraction of sp³-hybridized carbons (Fsp3) is 0.222. The lowest BCUT2D eigenvalue weighted by atomic mass is 10.1. The quantitative estimate of drug-likeness (QED) is 0.637. The van der Waals surface area contributed by atoms with Crippen molar-refractivity contribution in [2.75, 3.05) is 6.61 Å². The molecule has 0 saturated heterocycles. The fourth-order valence-corrected chi connectivity index (χ4v) is 2.51. The molecule has 1 N–H and O–H groups in total. The summed E-state index contributed by atoms with van der Waals surface area (Å²) in [7, 11) is 0. The normalized spacial score (nSPS) is 10.8. The molecular weight excluding hydrogens is 356 g/mol. The number of halogens is 1. The zero-order valence-corrected chi connectivity index (χ0v) is 15.0. The van der Waals surface area contributed by atoms with Crippen LogP contribution in [0.3, 0.4) is 0 Å². The summed E-state index contributed by atoms with van der Waals surface area (Å²) in [6, 6.07) is 11.7. The minimum Gasteiger partial charge on any atom is -0.483 e. The molecule has 0 fully saturated rings. The predicted molar refractivity (Wildman–Crippen MR) is 96.0 cm³/mol. The topological polar surface area (TPSA) is 50.7 Å². The van der Waals surface area contributed by atoms with Gasteiger partial charge in [0, 0.05) is 4.47 Å².